The van der Waals surface area contributed by atoms with Crippen molar-refractivity contribution in [2.75, 3.05) is 7.11 Å². The molecule has 108 valence electrons. The van der Waals surface area contributed by atoms with E-state index in [4.69, 9.17) is 23.2 Å². The Kier molecular flexibility index (Phi) is 5.79. The molecule has 1 rings (SSSR count). The fourth-order valence-corrected chi connectivity index (χ4v) is 1.90. The summed E-state index contributed by atoms with van der Waals surface area (Å²) in [4.78, 5) is 34.4. The van der Waals surface area contributed by atoms with Crippen molar-refractivity contribution in [1.82, 2.24) is 10.6 Å². The van der Waals surface area contributed by atoms with E-state index in [2.05, 4.69) is 15.4 Å². The summed E-state index contributed by atoms with van der Waals surface area (Å²) in [7, 11) is 1.14. The van der Waals surface area contributed by atoms with E-state index in [0.29, 0.717) is 0 Å². The lowest BCUT2D eigenvalue weighted by Crippen LogP contribution is -2.52. The number of methoxy groups -OCH3 is 1. The van der Waals surface area contributed by atoms with E-state index >= 15 is 0 Å². The molecule has 0 aromatic heterocycles. The molecule has 6 nitrogen and oxygen atoms in total. The number of hydrogen-bond donors (Lipinski definition) is 2. The Morgan fingerprint density at radius 3 is 2.10 bits per heavy atom. The van der Waals surface area contributed by atoms with Crippen LogP contribution in [-0.2, 0) is 14.3 Å². The summed E-state index contributed by atoms with van der Waals surface area (Å²) in [5, 5.41) is 5.11. The largest absolute Gasteiger partial charge is 0.466 e. The Bertz CT molecular complexity index is 528. The number of nitrogens with one attached hydrogen (secondary N) is 2. The number of carbonyl (C=O) groups is 3. The first kappa shape index (κ1) is 16.3. The number of ether oxygens (including phenoxy) is 1. The Morgan fingerprint density at radius 1 is 1.10 bits per heavy atom. The van der Waals surface area contributed by atoms with Gasteiger partial charge in [0.15, 0.2) is 0 Å². The zero-order chi connectivity index (χ0) is 15.3. The van der Waals surface area contributed by atoms with E-state index in [1.54, 1.807) is 0 Å². The topological polar surface area (TPSA) is 84.5 Å². The fraction of sp³-hybridized carbons (Fsp3) is 0.250. The van der Waals surface area contributed by atoms with Crippen molar-refractivity contribution in [3.05, 3.63) is 33.8 Å². The fourth-order valence-electron chi connectivity index (χ4n) is 1.37. The summed E-state index contributed by atoms with van der Waals surface area (Å²) in [6.07, 6.45) is -1.29. The van der Waals surface area contributed by atoms with Gasteiger partial charge >= 0.3 is 5.97 Å². The lowest BCUT2D eigenvalue weighted by atomic mass is 10.2. The molecule has 0 saturated carbocycles. The number of amides is 2. The van der Waals surface area contributed by atoms with Crippen molar-refractivity contribution in [3.8, 4) is 0 Å². The monoisotopic (exact) mass is 318 g/mol. The molecule has 0 spiro atoms. The molecule has 0 radical (unpaired) electrons. The molecular weight excluding hydrogens is 307 g/mol. The number of hydrogen-bond acceptors (Lipinski definition) is 4. The lowest BCUT2D eigenvalue weighted by molar-refractivity contribution is -0.145. The highest BCUT2D eigenvalue weighted by Gasteiger charge is 2.23. The van der Waals surface area contributed by atoms with Crippen molar-refractivity contribution >= 4 is 41.0 Å². The van der Waals surface area contributed by atoms with Crippen LogP contribution in [0.1, 0.15) is 17.3 Å². The molecule has 0 heterocycles. The first-order valence-corrected chi connectivity index (χ1v) is 6.21. The van der Waals surface area contributed by atoms with E-state index in [9.17, 15) is 14.4 Å². The smallest absolute Gasteiger partial charge is 0.349 e. The SMILES string of the molecule is COC(=O)C(NC(C)=O)NC(=O)c1cc(Cl)cc(Cl)c1. The van der Waals surface area contributed by atoms with Crippen molar-refractivity contribution in [3.63, 3.8) is 0 Å². The first-order chi connectivity index (χ1) is 9.33. The maximum atomic E-state index is 12.0. The van der Waals surface area contributed by atoms with Gasteiger partial charge < -0.3 is 15.4 Å². The minimum Gasteiger partial charge on any atom is -0.466 e. The Hall–Kier alpha value is -1.79. The standard InChI is InChI=1S/C12H12Cl2N2O4/c1-6(17)15-10(12(19)20-2)16-11(18)7-3-8(13)5-9(14)4-7/h3-5,10H,1-2H3,(H,15,17)(H,16,18). The summed E-state index contributed by atoms with van der Waals surface area (Å²) >= 11 is 11.6. The molecule has 1 aromatic carbocycles. The normalized spacial score (nSPS) is 11.4. The van der Waals surface area contributed by atoms with Gasteiger partial charge in [-0.2, -0.15) is 0 Å². The van der Waals surface area contributed by atoms with E-state index in [-0.39, 0.29) is 15.6 Å². The number of carbonyl (C=O) groups excluding carboxylic acids is 3. The average Bonchev–Trinajstić information content (AvgIpc) is 2.35. The van der Waals surface area contributed by atoms with Crippen LogP contribution in [0.5, 0.6) is 0 Å². The average molecular weight is 319 g/mol. The number of esters is 1. The van der Waals surface area contributed by atoms with Gasteiger partial charge in [0.1, 0.15) is 0 Å². The summed E-state index contributed by atoms with van der Waals surface area (Å²) in [5.74, 6) is -1.93. The predicted molar refractivity (Wildman–Crippen MR) is 73.5 cm³/mol. The van der Waals surface area contributed by atoms with Crippen molar-refractivity contribution in [2.24, 2.45) is 0 Å². The lowest BCUT2D eigenvalue weighted by Gasteiger charge is -2.17. The molecule has 1 atom stereocenters. The second-order valence-electron chi connectivity index (χ2n) is 3.79. The Balaban J connectivity index is 2.89. The van der Waals surface area contributed by atoms with Crippen LogP contribution >= 0.6 is 23.2 Å². The predicted octanol–water partition coefficient (Wildman–Crippen LogP) is 1.36. The van der Waals surface area contributed by atoms with E-state index in [1.165, 1.54) is 25.1 Å². The number of halogens is 2. The summed E-state index contributed by atoms with van der Waals surface area (Å²) in [6.45, 7) is 1.21. The molecule has 0 bridgehead atoms. The minimum atomic E-state index is -1.29. The third-order valence-electron chi connectivity index (χ3n) is 2.18. The van der Waals surface area contributed by atoms with Crippen molar-refractivity contribution < 1.29 is 19.1 Å². The third kappa shape index (κ3) is 4.71. The molecule has 0 fully saturated rings. The van der Waals surface area contributed by atoms with Crippen LogP contribution < -0.4 is 10.6 Å². The van der Waals surface area contributed by atoms with Gasteiger partial charge in [-0.05, 0) is 18.2 Å². The van der Waals surface area contributed by atoms with Gasteiger partial charge in [0, 0.05) is 22.5 Å². The minimum absolute atomic E-state index is 0.154. The zero-order valence-electron chi connectivity index (χ0n) is 10.7. The quantitative estimate of drug-likeness (QED) is 0.648. The molecule has 0 aliphatic rings. The highest BCUT2D eigenvalue weighted by atomic mass is 35.5. The van der Waals surface area contributed by atoms with Crippen molar-refractivity contribution in [2.45, 2.75) is 13.1 Å². The molecule has 0 saturated heterocycles. The van der Waals surface area contributed by atoms with Crippen LogP contribution in [0, 0.1) is 0 Å². The molecule has 20 heavy (non-hydrogen) atoms. The van der Waals surface area contributed by atoms with Gasteiger partial charge in [-0.1, -0.05) is 23.2 Å². The van der Waals surface area contributed by atoms with Crippen LogP contribution in [0.3, 0.4) is 0 Å². The highest BCUT2D eigenvalue weighted by Crippen LogP contribution is 2.18. The van der Waals surface area contributed by atoms with Gasteiger partial charge in [-0.3, -0.25) is 9.59 Å². The van der Waals surface area contributed by atoms with Crippen LogP contribution in [0.4, 0.5) is 0 Å². The first-order valence-electron chi connectivity index (χ1n) is 5.45. The molecule has 1 unspecified atom stereocenters. The van der Waals surface area contributed by atoms with Gasteiger partial charge in [-0.25, -0.2) is 4.79 Å². The van der Waals surface area contributed by atoms with Gasteiger partial charge in [0.25, 0.3) is 5.91 Å². The summed E-state index contributed by atoms with van der Waals surface area (Å²) in [6, 6.07) is 4.22. The summed E-state index contributed by atoms with van der Waals surface area (Å²) in [5.41, 5.74) is 0.154. The molecule has 2 amide bonds. The number of rotatable bonds is 4. The third-order valence-corrected chi connectivity index (χ3v) is 2.62. The molecule has 0 aliphatic carbocycles. The molecule has 2 N–H and O–H groups in total. The molecule has 1 aromatic rings. The van der Waals surface area contributed by atoms with E-state index in [0.717, 1.165) is 7.11 Å². The van der Waals surface area contributed by atoms with Gasteiger partial charge in [-0.15, -0.1) is 0 Å². The number of benzene rings is 1. The van der Waals surface area contributed by atoms with Gasteiger partial charge in [0.2, 0.25) is 12.1 Å². The molecule has 8 heteroatoms. The van der Waals surface area contributed by atoms with Crippen LogP contribution in [0.2, 0.25) is 10.0 Å². The molecular formula is C12H12Cl2N2O4. The van der Waals surface area contributed by atoms with E-state index in [1.807, 2.05) is 0 Å². The Labute approximate surface area is 125 Å². The van der Waals surface area contributed by atoms with Crippen LogP contribution in [0.15, 0.2) is 18.2 Å². The second kappa shape index (κ2) is 7.12. The zero-order valence-corrected chi connectivity index (χ0v) is 12.2. The van der Waals surface area contributed by atoms with Crippen LogP contribution in [0.25, 0.3) is 0 Å². The molecule has 0 aliphatic heterocycles. The van der Waals surface area contributed by atoms with Crippen LogP contribution in [-0.4, -0.2) is 31.1 Å². The maximum absolute atomic E-state index is 12.0. The highest BCUT2D eigenvalue weighted by molar-refractivity contribution is 6.35. The Morgan fingerprint density at radius 2 is 1.65 bits per heavy atom. The van der Waals surface area contributed by atoms with E-state index < -0.39 is 23.9 Å². The maximum Gasteiger partial charge on any atom is 0.349 e. The van der Waals surface area contributed by atoms with Gasteiger partial charge in [0.05, 0.1) is 7.11 Å². The second-order valence-corrected chi connectivity index (χ2v) is 4.66. The van der Waals surface area contributed by atoms with Crippen molar-refractivity contribution in [1.29, 1.82) is 0 Å². The summed E-state index contributed by atoms with van der Waals surface area (Å²) < 4.78 is 4.48.